The van der Waals surface area contributed by atoms with Crippen LogP contribution in [0, 0.1) is 6.92 Å². The van der Waals surface area contributed by atoms with E-state index in [0.717, 1.165) is 22.7 Å². The molecule has 0 bridgehead atoms. The van der Waals surface area contributed by atoms with Crippen molar-refractivity contribution in [3.63, 3.8) is 0 Å². The number of nitrogen functional groups attached to an aromatic ring is 2. The Morgan fingerprint density at radius 3 is 2.31 bits per heavy atom. The monoisotopic (exact) mass is 213 g/mol. The molecular formula is C13H15N3. The van der Waals surface area contributed by atoms with E-state index in [-0.39, 0.29) is 0 Å². The number of hydrogen-bond donors (Lipinski definition) is 3. The fourth-order valence-corrected chi connectivity index (χ4v) is 1.50. The van der Waals surface area contributed by atoms with Gasteiger partial charge in [0.25, 0.3) is 0 Å². The number of hydrogen-bond acceptors (Lipinski definition) is 3. The summed E-state index contributed by atoms with van der Waals surface area (Å²) >= 11 is 0. The van der Waals surface area contributed by atoms with Crippen molar-refractivity contribution in [3.8, 4) is 0 Å². The molecule has 0 spiro atoms. The van der Waals surface area contributed by atoms with Crippen LogP contribution in [-0.2, 0) is 0 Å². The van der Waals surface area contributed by atoms with Gasteiger partial charge in [-0.25, -0.2) is 0 Å². The molecule has 3 heteroatoms. The third-order valence-electron chi connectivity index (χ3n) is 2.40. The van der Waals surface area contributed by atoms with Gasteiger partial charge in [-0.15, -0.1) is 0 Å². The van der Waals surface area contributed by atoms with E-state index < -0.39 is 0 Å². The second-order valence-electron chi connectivity index (χ2n) is 3.84. The molecular weight excluding hydrogens is 198 g/mol. The minimum atomic E-state index is 0.738. The highest BCUT2D eigenvalue weighted by molar-refractivity contribution is 5.73. The lowest BCUT2D eigenvalue weighted by Crippen LogP contribution is -1.96. The van der Waals surface area contributed by atoms with Crippen LogP contribution in [-0.4, -0.2) is 0 Å². The van der Waals surface area contributed by atoms with Crippen LogP contribution in [0.15, 0.2) is 42.5 Å². The Hall–Kier alpha value is -2.16. The largest absolute Gasteiger partial charge is 0.399 e. The highest BCUT2D eigenvalue weighted by Crippen LogP contribution is 2.24. The Morgan fingerprint density at radius 2 is 1.62 bits per heavy atom. The Bertz CT molecular complexity index is 489. The number of nitrogens with one attached hydrogen (secondary N) is 1. The molecule has 0 heterocycles. The molecule has 16 heavy (non-hydrogen) atoms. The highest BCUT2D eigenvalue weighted by Gasteiger charge is 1.99. The number of aryl methyl sites for hydroxylation is 1. The van der Waals surface area contributed by atoms with Crippen molar-refractivity contribution in [1.29, 1.82) is 0 Å². The zero-order valence-corrected chi connectivity index (χ0v) is 9.20. The predicted molar refractivity (Wildman–Crippen MR) is 69.7 cm³/mol. The summed E-state index contributed by atoms with van der Waals surface area (Å²) in [5.74, 6) is 0. The lowest BCUT2D eigenvalue weighted by Gasteiger charge is -2.10. The van der Waals surface area contributed by atoms with Crippen molar-refractivity contribution >= 4 is 22.7 Å². The van der Waals surface area contributed by atoms with Crippen molar-refractivity contribution in [1.82, 2.24) is 0 Å². The van der Waals surface area contributed by atoms with Crippen molar-refractivity contribution in [3.05, 3.63) is 48.0 Å². The van der Waals surface area contributed by atoms with Gasteiger partial charge in [0.2, 0.25) is 0 Å². The maximum atomic E-state index is 5.88. The average Bonchev–Trinajstić information content (AvgIpc) is 2.27. The van der Waals surface area contributed by atoms with E-state index in [4.69, 9.17) is 11.5 Å². The topological polar surface area (TPSA) is 64.1 Å². The molecule has 0 saturated heterocycles. The first kappa shape index (κ1) is 10.4. The van der Waals surface area contributed by atoms with E-state index in [1.807, 2.05) is 49.4 Å². The van der Waals surface area contributed by atoms with Gasteiger partial charge in [0.15, 0.2) is 0 Å². The van der Waals surface area contributed by atoms with Gasteiger partial charge in [0.05, 0.1) is 11.4 Å². The van der Waals surface area contributed by atoms with Gasteiger partial charge in [0, 0.05) is 11.4 Å². The molecule has 0 aliphatic heterocycles. The molecule has 0 amide bonds. The summed E-state index contributed by atoms with van der Waals surface area (Å²) in [6.07, 6.45) is 0. The third-order valence-corrected chi connectivity index (χ3v) is 2.40. The summed E-state index contributed by atoms with van der Waals surface area (Å²) in [6, 6.07) is 13.5. The summed E-state index contributed by atoms with van der Waals surface area (Å²) in [7, 11) is 0. The minimum Gasteiger partial charge on any atom is -0.399 e. The van der Waals surface area contributed by atoms with Crippen molar-refractivity contribution in [2.45, 2.75) is 6.92 Å². The summed E-state index contributed by atoms with van der Waals surface area (Å²) in [5.41, 5.74) is 16.1. The van der Waals surface area contributed by atoms with E-state index in [0.29, 0.717) is 0 Å². The zero-order chi connectivity index (χ0) is 11.5. The van der Waals surface area contributed by atoms with Crippen molar-refractivity contribution in [2.75, 3.05) is 16.8 Å². The van der Waals surface area contributed by atoms with Crippen LogP contribution >= 0.6 is 0 Å². The van der Waals surface area contributed by atoms with Crippen LogP contribution in [0.3, 0.4) is 0 Å². The molecule has 0 aliphatic rings. The first-order valence-electron chi connectivity index (χ1n) is 5.14. The molecule has 5 N–H and O–H groups in total. The van der Waals surface area contributed by atoms with Gasteiger partial charge in [-0.1, -0.05) is 6.07 Å². The molecule has 0 aromatic heterocycles. The molecule has 0 saturated carbocycles. The van der Waals surface area contributed by atoms with Crippen molar-refractivity contribution in [2.24, 2.45) is 0 Å². The maximum Gasteiger partial charge on any atom is 0.0620 e. The molecule has 0 atom stereocenters. The van der Waals surface area contributed by atoms with Gasteiger partial charge in [0.1, 0.15) is 0 Å². The Balaban J connectivity index is 2.26. The van der Waals surface area contributed by atoms with Crippen LogP contribution in [0.5, 0.6) is 0 Å². The molecule has 0 radical (unpaired) electrons. The van der Waals surface area contributed by atoms with Crippen LogP contribution in [0.1, 0.15) is 5.56 Å². The fourth-order valence-electron chi connectivity index (χ4n) is 1.50. The quantitative estimate of drug-likeness (QED) is 0.672. The van der Waals surface area contributed by atoms with Gasteiger partial charge < -0.3 is 16.8 Å². The Kier molecular flexibility index (Phi) is 2.68. The van der Waals surface area contributed by atoms with Crippen LogP contribution in [0.2, 0.25) is 0 Å². The van der Waals surface area contributed by atoms with Crippen LogP contribution in [0.4, 0.5) is 22.7 Å². The minimum absolute atomic E-state index is 0.738. The van der Waals surface area contributed by atoms with Gasteiger partial charge in [-0.2, -0.15) is 0 Å². The molecule has 0 fully saturated rings. The Labute approximate surface area is 95.1 Å². The average molecular weight is 213 g/mol. The zero-order valence-electron chi connectivity index (χ0n) is 9.20. The molecule has 2 aromatic carbocycles. The molecule has 3 nitrogen and oxygen atoms in total. The first-order valence-corrected chi connectivity index (χ1v) is 5.14. The standard InChI is InChI=1S/C13H15N3/c1-9-2-7-12(15)13(8-9)16-11-5-3-10(14)4-6-11/h2-8,16H,14-15H2,1H3. The number of nitrogens with two attached hydrogens (primary N) is 2. The summed E-state index contributed by atoms with van der Waals surface area (Å²) in [6.45, 7) is 2.04. The summed E-state index contributed by atoms with van der Waals surface area (Å²) < 4.78 is 0. The lowest BCUT2D eigenvalue weighted by atomic mass is 10.2. The van der Waals surface area contributed by atoms with E-state index in [1.54, 1.807) is 0 Å². The predicted octanol–water partition coefficient (Wildman–Crippen LogP) is 2.90. The molecule has 0 aliphatic carbocycles. The second kappa shape index (κ2) is 4.14. The SMILES string of the molecule is Cc1ccc(N)c(Nc2ccc(N)cc2)c1. The summed E-state index contributed by atoms with van der Waals surface area (Å²) in [4.78, 5) is 0. The first-order chi connectivity index (χ1) is 7.65. The van der Waals surface area contributed by atoms with E-state index in [2.05, 4.69) is 5.32 Å². The molecule has 2 aromatic rings. The van der Waals surface area contributed by atoms with Crippen molar-refractivity contribution < 1.29 is 0 Å². The second-order valence-corrected chi connectivity index (χ2v) is 3.84. The van der Waals surface area contributed by atoms with E-state index >= 15 is 0 Å². The van der Waals surface area contributed by atoms with Gasteiger partial charge in [-0.3, -0.25) is 0 Å². The number of benzene rings is 2. The van der Waals surface area contributed by atoms with Gasteiger partial charge >= 0.3 is 0 Å². The van der Waals surface area contributed by atoms with Crippen LogP contribution < -0.4 is 16.8 Å². The third kappa shape index (κ3) is 2.25. The number of rotatable bonds is 2. The summed E-state index contributed by atoms with van der Waals surface area (Å²) in [5, 5.41) is 3.26. The van der Waals surface area contributed by atoms with Gasteiger partial charge in [-0.05, 0) is 48.9 Å². The molecule has 82 valence electrons. The normalized spacial score (nSPS) is 10.1. The molecule has 0 unspecified atom stereocenters. The Morgan fingerprint density at radius 1 is 0.938 bits per heavy atom. The number of anilines is 4. The van der Waals surface area contributed by atoms with Crippen LogP contribution in [0.25, 0.3) is 0 Å². The maximum absolute atomic E-state index is 5.88. The van der Waals surface area contributed by atoms with E-state index in [9.17, 15) is 0 Å². The lowest BCUT2D eigenvalue weighted by molar-refractivity contribution is 1.45. The van der Waals surface area contributed by atoms with E-state index in [1.165, 1.54) is 5.56 Å². The smallest absolute Gasteiger partial charge is 0.0620 e. The highest BCUT2D eigenvalue weighted by atomic mass is 14.9. The molecule has 2 rings (SSSR count). The fraction of sp³-hybridized carbons (Fsp3) is 0.0769.